The van der Waals surface area contributed by atoms with Gasteiger partial charge in [-0.1, -0.05) is 27.5 Å². The van der Waals surface area contributed by atoms with Crippen LogP contribution in [0.3, 0.4) is 0 Å². The molecule has 0 unspecified atom stereocenters. The first kappa shape index (κ1) is 14.4. The lowest BCUT2D eigenvalue weighted by atomic mass is 10.1. The predicted octanol–water partition coefficient (Wildman–Crippen LogP) is 6.01. The summed E-state index contributed by atoms with van der Waals surface area (Å²) in [5.74, 6) is 0. The number of hydrogen-bond donors (Lipinski definition) is 1. The maximum absolute atomic E-state index is 6.18. The van der Waals surface area contributed by atoms with Crippen LogP contribution in [0.15, 0.2) is 47.1 Å². The number of benzene rings is 2. The van der Waals surface area contributed by atoms with Gasteiger partial charge < -0.3 is 5.32 Å². The number of nitrogens with zero attached hydrogens (tertiary/aromatic N) is 1. The Morgan fingerprint density at radius 1 is 1.05 bits per heavy atom. The Hall–Kier alpha value is -1.58. The van der Waals surface area contributed by atoms with Crippen LogP contribution in [0.5, 0.6) is 0 Å². The molecule has 1 heterocycles. The van der Waals surface area contributed by atoms with Crippen molar-refractivity contribution in [1.29, 1.82) is 0 Å². The highest BCUT2D eigenvalue weighted by Crippen LogP contribution is 2.31. The van der Waals surface area contributed by atoms with Crippen LogP contribution in [-0.4, -0.2) is 4.98 Å². The highest BCUT2D eigenvalue weighted by molar-refractivity contribution is 9.10. The highest BCUT2D eigenvalue weighted by atomic mass is 79.9. The SMILES string of the molecule is Cc1cc(Br)ccc1Nc1ccnc2c(C)c(Cl)ccc12. The molecule has 21 heavy (non-hydrogen) atoms. The van der Waals surface area contributed by atoms with Crippen LogP contribution in [0.25, 0.3) is 10.9 Å². The minimum Gasteiger partial charge on any atom is -0.355 e. The van der Waals surface area contributed by atoms with Gasteiger partial charge in [0.2, 0.25) is 0 Å². The minimum absolute atomic E-state index is 0.743. The number of halogens is 2. The molecule has 0 saturated carbocycles. The van der Waals surface area contributed by atoms with Crippen LogP contribution in [0, 0.1) is 13.8 Å². The van der Waals surface area contributed by atoms with Gasteiger partial charge >= 0.3 is 0 Å². The van der Waals surface area contributed by atoms with E-state index in [9.17, 15) is 0 Å². The van der Waals surface area contributed by atoms with E-state index < -0.39 is 0 Å². The molecule has 3 aromatic rings. The molecule has 0 bridgehead atoms. The smallest absolute Gasteiger partial charge is 0.0766 e. The quantitative estimate of drug-likeness (QED) is 0.604. The topological polar surface area (TPSA) is 24.9 Å². The van der Waals surface area contributed by atoms with Crippen LogP contribution in [0.2, 0.25) is 5.02 Å². The van der Waals surface area contributed by atoms with E-state index in [0.29, 0.717) is 0 Å². The lowest BCUT2D eigenvalue weighted by Crippen LogP contribution is -1.96. The molecule has 0 aliphatic heterocycles. The Kier molecular flexibility index (Phi) is 3.87. The Morgan fingerprint density at radius 2 is 1.86 bits per heavy atom. The monoisotopic (exact) mass is 360 g/mol. The summed E-state index contributed by atoms with van der Waals surface area (Å²) >= 11 is 9.66. The van der Waals surface area contributed by atoms with Crippen LogP contribution in [0.4, 0.5) is 11.4 Å². The summed E-state index contributed by atoms with van der Waals surface area (Å²) in [6.07, 6.45) is 1.81. The van der Waals surface area contributed by atoms with Gasteiger partial charge in [0.25, 0.3) is 0 Å². The van der Waals surface area contributed by atoms with Gasteiger partial charge in [0.1, 0.15) is 0 Å². The molecule has 0 aliphatic carbocycles. The standard InChI is InChI=1S/C17H14BrClN2/c1-10-9-12(18)3-6-15(10)21-16-7-8-20-17-11(2)14(19)5-4-13(16)17/h3-9H,1-2H3,(H,20,21). The second-order valence-corrected chi connectivity index (χ2v) is 6.33. The van der Waals surface area contributed by atoms with Gasteiger partial charge in [-0.25, -0.2) is 0 Å². The molecular weight excluding hydrogens is 348 g/mol. The van der Waals surface area contributed by atoms with E-state index in [2.05, 4.69) is 45.3 Å². The van der Waals surface area contributed by atoms with Crippen LogP contribution < -0.4 is 5.32 Å². The van der Waals surface area contributed by atoms with E-state index in [1.807, 2.05) is 37.4 Å². The molecule has 3 rings (SSSR count). The number of anilines is 2. The minimum atomic E-state index is 0.743. The molecule has 2 aromatic carbocycles. The van der Waals surface area contributed by atoms with Crippen molar-refractivity contribution in [3.63, 3.8) is 0 Å². The molecule has 2 nitrogen and oxygen atoms in total. The van der Waals surface area contributed by atoms with Gasteiger partial charge in [-0.2, -0.15) is 0 Å². The van der Waals surface area contributed by atoms with Gasteiger partial charge in [0.15, 0.2) is 0 Å². The summed E-state index contributed by atoms with van der Waals surface area (Å²) in [5, 5.41) is 5.30. The van der Waals surface area contributed by atoms with Gasteiger partial charge in [-0.05, 0) is 61.4 Å². The van der Waals surface area contributed by atoms with Gasteiger partial charge in [0.05, 0.1) is 5.52 Å². The maximum atomic E-state index is 6.18. The summed E-state index contributed by atoms with van der Waals surface area (Å²) in [6, 6.07) is 12.1. The molecule has 0 radical (unpaired) electrons. The molecule has 0 fully saturated rings. The number of aryl methyl sites for hydroxylation is 2. The van der Waals surface area contributed by atoms with Crippen molar-refractivity contribution in [3.8, 4) is 0 Å². The average Bonchev–Trinajstić information content (AvgIpc) is 2.46. The zero-order valence-corrected chi connectivity index (χ0v) is 14.1. The third kappa shape index (κ3) is 2.76. The van der Waals surface area contributed by atoms with E-state index in [4.69, 9.17) is 11.6 Å². The molecule has 0 aliphatic rings. The van der Waals surface area contributed by atoms with Crippen molar-refractivity contribution in [2.75, 3.05) is 5.32 Å². The third-order valence-corrected chi connectivity index (χ3v) is 4.46. The molecule has 106 valence electrons. The largest absolute Gasteiger partial charge is 0.355 e. The molecule has 1 N–H and O–H groups in total. The van der Waals surface area contributed by atoms with Crippen molar-refractivity contribution in [3.05, 3.63) is 63.2 Å². The van der Waals surface area contributed by atoms with E-state index in [1.54, 1.807) is 0 Å². The van der Waals surface area contributed by atoms with Crippen molar-refractivity contribution in [1.82, 2.24) is 4.98 Å². The Balaban J connectivity index is 2.11. The van der Waals surface area contributed by atoms with Gasteiger partial charge in [-0.3, -0.25) is 4.98 Å². The molecular formula is C17H14BrClN2. The fourth-order valence-electron chi connectivity index (χ4n) is 2.36. The zero-order valence-electron chi connectivity index (χ0n) is 11.7. The Morgan fingerprint density at radius 3 is 2.62 bits per heavy atom. The molecule has 0 amide bonds. The summed E-state index contributed by atoms with van der Waals surface area (Å²) in [7, 11) is 0. The maximum Gasteiger partial charge on any atom is 0.0766 e. The first-order valence-corrected chi connectivity index (χ1v) is 7.80. The molecule has 0 spiro atoms. The zero-order chi connectivity index (χ0) is 15.0. The molecule has 0 atom stereocenters. The van der Waals surface area contributed by atoms with E-state index in [0.717, 1.165) is 37.3 Å². The fraction of sp³-hybridized carbons (Fsp3) is 0.118. The number of fused-ring (bicyclic) bond motifs is 1. The van der Waals surface area contributed by atoms with Crippen LogP contribution >= 0.6 is 27.5 Å². The summed E-state index contributed by atoms with van der Waals surface area (Å²) in [5.41, 5.74) is 5.23. The number of pyridine rings is 1. The number of aromatic nitrogens is 1. The normalized spacial score (nSPS) is 10.9. The van der Waals surface area contributed by atoms with Crippen molar-refractivity contribution in [2.45, 2.75) is 13.8 Å². The molecule has 0 saturated heterocycles. The number of nitrogens with one attached hydrogen (secondary N) is 1. The Bertz CT molecular complexity index is 830. The Labute approximate surface area is 137 Å². The van der Waals surface area contributed by atoms with Crippen LogP contribution in [-0.2, 0) is 0 Å². The van der Waals surface area contributed by atoms with E-state index in [-0.39, 0.29) is 0 Å². The van der Waals surface area contributed by atoms with Gasteiger partial charge in [-0.15, -0.1) is 0 Å². The lowest BCUT2D eigenvalue weighted by molar-refractivity contribution is 1.35. The highest BCUT2D eigenvalue weighted by Gasteiger charge is 2.08. The third-order valence-electron chi connectivity index (χ3n) is 3.56. The fourth-order valence-corrected chi connectivity index (χ4v) is 2.98. The first-order chi connectivity index (χ1) is 10.1. The summed E-state index contributed by atoms with van der Waals surface area (Å²) in [6.45, 7) is 4.07. The number of hydrogen-bond acceptors (Lipinski definition) is 2. The second kappa shape index (κ2) is 5.66. The van der Waals surface area contributed by atoms with E-state index >= 15 is 0 Å². The number of rotatable bonds is 2. The lowest BCUT2D eigenvalue weighted by Gasteiger charge is -2.13. The second-order valence-electron chi connectivity index (χ2n) is 5.01. The molecule has 4 heteroatoms. The summed E-state index contributed by atoms with van der Waals surface area (Å²) in [4.78, 5) is 4.45. The van der Waals surface area contributed by atoms with Crippen molar-refractivity contribution < 1.29 is 0 Å². The predicted molar refractivity (Wildman–Crippen MR) is 93.7 cm³/mol. The van der Waals surface area contributed by atoms with Crippen LogP contribution in [0.1, 0.15) is 11.1 Å². The van der Waals surface area contributed by atoms with Gasteiger partial charge in [0, 0.05) is 32.5 Å². The van der Waals surface area contributed by atoms with Crippen molar-refractivity contribution in [2.24, 2.45) is 0 Å². The molecule has 1 aromatic heterocycles. The summed E-state index contributed by atoms with van der Waals surface area (Å²) < 4.78 is 1.08. The van der Waals surface area contributed by atoms with Crippen molar-refractivity contribution >= 4 is 49.8 Å². The average molecular weight is 362 g/mol. The first-order valence-electron chi connectivity index (χ1n) is 6.63. The van der Waals surface area contributed by atoms with E-state index in [1.165, 1.54) is 5.56 Å².